The maximum absolute atomic E-state index is 6.30. The van der Waals surface area contributed by atoms with Crippen LogP contribution in [-0.4, -0.2) is 31.9 Å². The van der Waals surface area contributed by atoms with Crippen LogP contribution >= 0.6 is 11.6 Å². The van der Waals surface area contributed by atoms with Gasteiger partial charge in [-0.3, -0.25) is 9.47 Å². The van der Waals surface area contributed by atoms with Gasteiger partial charge in [0, 0.05) is 28.8 Å². The van der Waals surface area contributed by atoms with Gasteiger partial charge in [0.25, 0.3) is 0 Å². The van der Waals surface area contributed by atoms with Crippen LogP contribution in [0.15, 0.2) is 47.0 Å². The van der Waals surface area contributed by atoms with Crippen molar-refractivity contribution in [2.45, 2.75) is 50.6 Å². The second kappa shape index (κ2) is 7.46. The Kier molecular flexibility index (Phi) is 4.58. The van der Waals surface area contributed by atoms with Gasteiger partial charge in [-0.2, -0.15) is 0 Å². The first-order valence-corrected chi connectivity index (χ1v) is 11.3. The van der Waals surface area contributed by atoms with Gasteiger partial charge < -0.3 is 4.52 Å². The Morgan fingerprint density at radius 1 is 0.968 bits per heavy atom. The van der Waals surface area contributed by atoms with Crippen molar-refractivity contribution in [3.05, 3.63) is 70.4 Å². The summed E-state index contributed by atoms with van der Waals surface area (Å²) in [4.78, 5) is 2.26. The van der Waals surface area contributed by atoms with Gasteiger partial charge in [-0.1, -0.05) is 28.9 Å². The molecule has 1 aliphatic carbocycles. The third-order valence-corrected chi connectivity index (χ3v) is 7.01. The largest absolute Gasteiger partial charge is 0.356 e. The molecule has 0 N–H and O–H groups in total. The molecule has 0 atom stereocenters. The van der Waals surface area contributed by atoms with Crippen molar-refractivity contribution >= 4 is 22.6 Å². The number of nitrogens with zero attached hydrogens (tertiary/aromatic N) is 5. The van der Waals surface area contributed by atoms with E-state index in [9.17, 15) is 0 Å². The first-order valence-electron chi connectivity index (χ1n) is 10.9. The van der Waals surface area contributed by atoms with Crippen molar-refractivity contribution in [1.29, 1.82) is 0 Å². The number of para-hydroxylation sites is 1. The minimum atomic E-state index is 0.391. The van der Waals surface area contributed by atoms with Gasteiger partial charge in [-0.25, -0.2) is 0 Å². The lowest BCUT2D eigenvalue weighted by Gasteiger charge is -2.27. The van der Waals surface area contributed by atoms with Crippen LogP contribution in [0.2, 0.25) is 5.02 Å². The monoisotopic (exact) mass is 433 g/mol. The molecular formula is C24H24ClN5O. The van der Waals surface area contributed by atoms with Gasteiger partial charge in [0.05, 0.1) is 17.9 Å². The van der Waals surface area contributed by atoms with E-state index in [1.165, 1.54) is 5.56 Å². The number of halogens is 1. The second-order valence-electron chi connectivity index (χ2n) is 8.87. The average Bonchev–Trinajstić information content (AvgIpc) is 3.35. The molecular weight excluding hydrogens is 410 g/mol. The van der Waals surface area contributed by atoms with Crippen LogP contribution in [0.4, 0.5) is 0 Å². The van der Waals surface area contributed by atoms with Crippen LogP contribution in [0, 0.1) is 0 Å². The van der Waals surface area contributed by atoms with E-state index in [0.29, 0.717) is 11.8 Å². The van der Waals surface area contributed by atoms with E-state index in [4.69, 9.17) is 16.1 Å². The number of hydrogen-bond donors (Lipinski definition) is 0. The summed E-state index contributed by atoms with van der Waals surface area (Å²) in [5.74, 6) is 2.91. The maximum Gasteiger partial charge on any atom is 0.167 e. The van der Waals surface area contributed by atoms with Gasteiger partial charge in [0.15, 0.2) is 11.4 Å². The zero-order valence-electron chi connectivity index (χ0n) is 17.5. The molecule has 3 heterocycles. The predicted octanol–water partition coefficient (Wildman–Crippen LogP) is 5.45. The van der Waals surface area contributed by atoms with Crippen molar-refractivity contribution in [3.8, 4) is 5.69 Å². The molecule has 2 aromatic carbocycles. The number of benzene rings is 2. The number of hydrogen-bond acceptors (Lipinski definition) is 5. The van der Waals surface area contributed by atoms with Crippen molar-refractivity contribution in [3.63, 3.8) is 0 Å². The van der Waals surface area contributed by atoms with E-state index >= 15 is 0 Å². The van der Waals surface area contributed by atoms with Crippen LogP contribution in [-0.2, 0) is 13.1 Å². The summed E-state index contributed by atoms with van der Waals surface area (Å²) in [6, 6.07) is 14.3. The summed E-state index contributed by atoms with van der Waals surface area (Å²) in [5, 5.41) is 15.6. The zero-order chi connectivity index (χ0) is 20.9. The van der Waals surface area contributed by atoms with Crippen LogP contribution in [0.5, 0.6) is 0 Å². The summed E-state index contributed by atoms with van der Waals surface area (Å²) in [5.41, 5.74) is 4.36. The third kappa shape index (κ3) is 3.25. The molecule has 0 spiro atoms. The first kappa shape index (κ1) is 19.0. The molecule has 0 bridgehead atoms. The van der Waals surface area contributed by atoms with Crippen molar-refractivity contribution in [2.24, 2.45) is 0 Å². The highest BCUT2D eigenvalue weighted by atomic mass is 35.5. The lowest BCUT2D eigenvalue weighted by atomic mass is 9.79. The molecule has 7 heteroatoms. The Morgan fingerprint density at radius 3 is 2.65 bits per heavy atom. The third-order valence-electron chi connectivity index (χ3n) is 6.77. The molecule has 2 aromatic heterocycles. The molecule has 1 fully saturated rings. The minimum Gasteiger partial charge on any atom is -0.356 e. The van der Waals surface area contributed by atoms with Gasteiger partial charge in [0.1, 0.15) is 5.82 Å². The van der Waals surface area contributed by atoms with Crippen LogP contribution < -0.4 is 0 Å². The Morgan fingerprint density at radius 2 is 1.77 bits per heavy atom. The van der Waals surface area contributed by atoms with Gasteiger partial charge in [0.2, 0.25) is 0 Å². The highest BCUT2D eigenvalue weighted by Crippen LogP contribution is 2.42. The number of aromatic nitrogens is 4. The quantitative estimate of drug-likeness (QED) is 0.420. The fraction of sp³-hybridized carbons (Fsp3) is 0.375. The van der Waals surface area contributed by atoms with E-state index < -0.39 is 0 Å². The molecule has 158 valence electrons. The van der Waals surface area contributed by atoms with Crippen LogP contribution in [0.25, 0.3) is 16.7 Å². The lowest BCUT2D eigenvalue weighted by Crippen LogP contribution is -2.17. The Bertz CT molecular complexity index is 1250. The highest BCUT2D eigenvalue weighted by molar-refractivity contribution is 6.30. The molecule has 0 saturated heterocycles. The van der Waals surface area contributed by atoms with E-state index in [-0.39, 0.29) is 0 Å². The lowest BCUT2D eigenvalue weighted by molar-refractivity contribution is 0.315. The van der Waals surface area contributed by atoms with Gasteiger partial charge in [-0.15, -0.1) is 10.2 Å². The smallest absolute Gasteiger partial charge is 0.167 e. The number of rotatable bonds is 2. The van der Waals surface area contributed by atoms with Crippen LogP contribution in [0.3, 0.4) is 0 Å². The first-order chi connectivity index (χ1) is 15.2. The molecule has 4 aromatic rings. The molecule has 6 rings (SSSR count). The second-order valence-corrected chi connectivity index (χ2v) is 9.30. The highest BCUT2D eigenvalue weighted by Gasteiger charge is 2.32. The van der Waals surface area contributed by atoms with E-state index in [1.807, 2.05) is 18.2 Å². The topological polar surface area (TPSA) is 60.0 Å². The maximum atomic E-state index is 6.30. The number of fused-ring (bicyclic) bond motifs is 4. The molecule has 2 aliphatic rings. The Labute approximate surface area is 185 Å². The Balaban J connectivity index is 1.30. The van der Waals surface area contributed by atoms with Crippen molar-refractivity contribution < 1.29 is 4.52 Å². The fourth-order valence-corrected chi connectivity index (χ4v) is 5.47. The van der Waals surface area contributed by atoms with Gasteiger partial charge >= 0.3 is 0 Å². The average molecular weight is 434 g/mol. The standard InChI is InChI=1S/C24H24ClN5O/c1-29-13-17-12-18(25)10-11-20(17)30-22(14-29)26-27-24(30)16-8-6-15(7-9-16)23-19-4-2-3-5-21(19)31-28-23/h2-5,10-12,15-16H,6-9,13-14H2,1H3/t15-,16+. The van der Waals surface area contributed by atoms with E-state index in [1.54, 1.807) is 0 Å². The summed E-state index contributed by atoms with van der Waals surface area (Å²) in [6.45, 7) is 1.63. The summed E-state index contributed by atoms with van der Waals surface area (Å²) in [7, 11) is 2.11. The summed E-state index contributed by atoms with van der Waals surface area (Å²) >= 11 is 6.30. The minimum absolute atomic E-state index is 0.391. The molecule has 0 amide bonds. The van der Waals surface area contributed by atoms with Crippen molar-refractivity contribution in [1.82, 2.24) is 24.8 Å². The molecule has 1 saturated carbocycles. The SMILES string of the molecule is CN1Cc2cc(Cl)ccc2-n2c(nnc2[C@H]2CC[C@@H](c3noc4ccccc43)CC2)C1. The molecule has 6 nitrogen and oxygen atoms in total. The Hall–Kier alpha value is -2.70. The van der Waals surface area contributed by atoms with Crippen molar-refractivity contribution in [2.75, 3.05) is 7.05 Å². The summed E-state index contributed by atoms with van der Waals surface area (Å²) < 4.78 is 7.84. The molecule has 0 unspecified atom stereocenters. The van der Waals surface area contributed by atoms with E-state index in [0.717, 1.165) is 77.8 Å². The molecule has 1 aliphatic heterocycles. The van der Waals surface area contributed by atoms with Gasteiger partial charge in [-0.05, 0) is 68.6 Å². The predicted molar refractivity (Wildman–Crippen MR) is 119 cm³/mol. The van der Waals surface area contributed by atoms with Crippen LogP contribution in [0.1, 0.15) is 60.4 Å². The normalized spacial score (nSPS) is 21.6. The summed E-state index contributed by atoms with van der Waals surface area (Å²) in [6.07, 6.45) is 4.30. The molecule has 0 radical (unpaired) electrons. The fourth-order valence-electron chi connectivity index (χ4n) is 5.27. The molecule has 31 heavy (non-hydrogen) atoms. The zero-order valence-corrected chi connectivity index (χ0v) is 18.2. The van der Waals surface area contributed by atoms with E-state index in [2.05, 4.69) is 56.1 Å².